The summed E-state index contributed by atoms with van der Waals surface area (Å²) in [4.78, 5) is 0. The highest BCUT2D eigenvalue weighted by Crippen LogP contribution is 2.30. The number of nitrogens with one attached hydrogen (secondary N) is 1. The lowest BCUT2D eigenvalue weighted by Crippen LogP contribution is -2.23. The molecule has 0 saturated heterocycles. The first-order chi connectivity index (χ1) is 10.0. The summed E-state index contributed by atoms with van der Waals surface area (Å²) in [5.41, 5.74) is 4.50. The molecule has 2 aromatic carbocycles. The van der Waals surface area contributed by atoms with Crippen LogP contribution in [0.4, 0.5) is 4.39 Å². The van der Waals surface area contributed by atoms with Gasteiger partial charge in [-0.25, -0.2) is 4.39 Å². The lowest BCUT2D eigenvalue weighted by molar-refractivity contribution is 0.592. The van der Waals surface area contributed by atoms with Crippen LogP contribution in [0.15, 0.2) is 36.4 Å². The monoisotopic (exact) mass is 305 g/mol. The minimum atomic E-state index is -0.307. The van der Waals surface area contributed by atoms with E-state index in [0.717, 1.165) is 24.1 Å². The molecule has 0 aromatic heterocycles. The highest BCUT2D eigenvalue weighted by atomic mass is 35.5. The summed E-state index contributed by atoms with van der Waals surface area (Å²) in [6.07, 6.45) is 1.03. The molecule has 0 amide bonds. The Morgan fingerprint density at radius 2 is 1.76 bits per heavy atom. The summed E-state index contributed by atoms with van der Waals surface area (Å²) in [6, 6.07) is 11.0. The van der Waals surface area contributed by atoms with E-state index in [-0.39, 0.29) is 11.9 Å². The van der Waals surface area contributed by atoms with Crippen LogP contribution >= 0.6 is 11.6 Å². The van der Waals surface area contributed by atoms with Crippen molar-refractivity contribution in [2.75, 3.05) is 6.54 Å². The second-order valence-electron chi connectivity index (χ2n) is 5.47. The second-order valence-corrected chi connectivity index (χ2v) is 5.88. The summed E-state index contributed by atoms with van der Waals surface area (Å²) < 4.78 is 13.3. The van der Waals surface area contributed by atoms with E-state index in [4.69, 9.17) is 11.6 Å². The van der Waals surface area contributed by atoms with E-state index in [0.29, 0.717) is 5.02 Å². The van der Waals surface area contributed by atoms with Crippen LogP contribution in [-0.4, -0.2) is 6.54 Å². The molecule has 0 bridgehead atoms. The third kappa shape index (κ3) is 4.05. The molecule has 1 atom stereocenters. The predicted octanol–water partition coefficient (Wildman–Crippen LogP) is 5.18. The number of aryl methyl sites for hydroxylation is 2. The minimum Gasteiger partial charge on any atom is -0.306 e. The Kier molecular flexibility index (Phi) is 5.38. The van der Waals surface area contributed by atoms with E-state index in [1.165, 1.54) is 23.3 Å². The molecular weight excluding hydrogens is 285 g/mol. The molecule has 0 radical (unpaired) electrons. The Morgan fingerprint density at radius 1 is 1.10 bits per heavy atom. The average Bonchev–Trinajstić information content (AvgIpc) is 2.40. The first kappa shape index (κ1) is 16.0. The molecule has 0 spiro atoms. The standard InChI is InChI=1S/C18H21ClFN/c1-4-7-21-18(14-9-12(2)8-13(3)10-14)16-6-5-15(20)11-17(16)19/h5-6,8-11,18,21H,4,7H2,1-3H3. The van der Waals surface area contributed by atoms with Crippen molar-refractivity contribution in [1.29, 1.82) is 0 Å². The number of hydrogen-bond acceptors (Lipinski definition) is 1. The van der Waals surface area contributed by atoms with Crippen LogP contribution in [0.2, 0.25) is 5.02 Å². The van der Waals surface area contributed by atoms with Gasteiger partial charge in [-0.3, -0.25) is 0 Å². The largest absolute Gasteiger partial charge is 0.306 e. The minimum absolute atomic E-state index is 0.0170. The number of benzene rings is 2. The van der Waals surface area contributed by atoms with Crippen LogP contribution in [0.3, 0.4) is 0 Å². The van der Waals surface area contributed by atoms with E-state index in [1.807, 2.05) is 0 Å². The smallest absolute Gasteiger partial charge is 0.124 e. The fourth-order valence-electron chi connectivity index (χ4n) is 2.61. The van der Waals surface area contributed by atoms with E-state index in [9.17, 15) is 4.39 Å². The summed E-state index contributed by atoms with van der Waals surface area (Å²) in [5, 5.41) is 3.97. The third-order valence-electron chi connectivity index (χ3n) is 3.45. The van der Waals surface area contributed by atoms with Gasteiger partial charge in [-0.15, -0.1) is 0 Å². The summed E-state index contributed by atoms with van der Waals surface area (Å²) in [5.74, 6) is -0.307. The maximum absolute atomic E-state index is 13.3. The zero-order chi connectivity index (χ0) is 15.4. The van der Waals surface area contributed by atoms with Crippen LogP contribution in [0.1, 0.15) is 41.6 Å². The first-order valence-corrected chi connectivity index (χ1v) is 7.65. The van der Waals surface area contributed by atoms with Crippen molar-refractivity contribution in [2.24, 2.45) is 0 Å². The van der Waals surface area contributed by atoms with Gasteiger partial charge in [0.25, 0.3) is 0 Å². The van der Waals surface area contributed by atoms with Gasteiger partial charge in [0, 0.05) is 5.02 Å². The zero-order valence-corrected chi connectivity index (χ0v) is 13.5. The fraction of sp³-hybridized carbons (Fsp3) is 0.333. The van der Waals surface area contributed by atoms with Gasteiger partial charge in [0.15, 0.2) is 0 Å². The molecule has 0 saturated carbocycles. The Morgan fingerprint density at radius 3 is 2.33 bits per heavy atom. The molecule has 112 valence electrons. The van der Waals surface area contributed by atoms with Crippen LogP contribution in [0, 0.1) is 19.7 Å². The Hall–Kier alpha value is -1.38. The molecule has 2 aromatic rings. The summed E-state index contributed by atoms with van der Waals surface area (Å²) in [7, 11) is 0. The molecule has 21 heavy (non-hydrogen) atoms. The van der Waals surface area contributed by atoms with Crippen molar-refractivity contribution >= 4 is 11.6 Å². The third-order valence-corrected chi connectivity index (χ3v) is 3.78. The topological polar surface area (TPSA) is 12.0 Å². The number of halogens is 2. The van der Waals surface area contributed by atoms with Crippen LogP contribution in [0.25, 0.3) is 0 Å². The van der Waals surface area contributed by atoms with Gasteiger partial charge in [-0.2, -0.15) is 0 Å². The van der Waals surface area contributed by atoms with E-state index < -0.39 is 0 Å². The normalized spacial score (nSPS) is 12.4. The molecule has 0 heterocycles. The Bertz CT molecular complexity index is 604. The van der Waals surface area contributed by atoms with Gasteiger partial charge in [-0.1, -0.05) is 53.9 Å². The SMILES string of the molecule is CCCNC(c1cc(C)cc(C)c1)c1ccc(F)cc1Cl. The quantitative estimate of drug-likeness (QED) is 0.802. The fourth-order valence-corrected chi connectivity index (χ4v) is 2.88. The molecule has 1 nitrogen and oxygen atoms in total. The van der Waals surface area contributed by atoms with Crippen molar-refractivity contribution in [1.82, 2.24) is 5.32 Å². The molecule has 1 N–H and O–H groups in total. The molecule has 1 unspecified atom stereocenters. The van der Waals surface area contributed by atoms with Crippen molar-refractivity contribution in [3.8, 4) is 0 Å². The maximum atomic E-state index is 13.3. The second kappa shape index (κ2) is 7.06. The van der Waals surface area contributed by atoms with Gasteiger partial charge in [0.05, 0.1) is 6.04 Å². The lowest BCUT2D eigenvalue weighted by atomic mass is 9.95. The van der Waals surface area contributed by atoms with Gasteiger partial charge in [-0.05, 0) is 50.1 Å². The molecule has 3 heteroatoms. The molecule has 0 aliphatic rings. The number of hydrogen-bond donors (Lipinski definition) is 1. The van der Waals surface area contributed by atoms with Crippen molar-refractivity contribution in [3.05, 3.63) is 69.5 Å². The Labute approximate surface area is 131 Å². The van der Waals surface area contributed by atoms with Gasteiger partial charge in [0.1, 0.15) is 5.82 Å². The van der Waals surface area contributed by atoms with Gasteiger partial charge >= 0.3 is 0 Å². The average molecular weight is 306 g/mol. The summed E-state index contributed by atoms with van der Waals surface area (Å²) >= 11 is 6.25. The van der Waals surface area contributed by atoms with Crippen LogP contribution in [0.5, 0.6) is 0 Å². The maximum Gasteiger partial charge on any atom is 0.124 e. The highest BCUT2D eigenvalue weighted by Gasteiger charge is 2.17. The predicted molar refractivity (Wildman–Crippen MR) is 87.5 cm³/mol. The number of rotatable bonds is 5. The molecular formula is C18H21ClFN. The van der Waals surface area contributed by atoms with E-state index >= 15 is 0 Å². The van der Waals surface area contributed by atoms with Gasteiger partial charge in [0.2, 0.25) is 0 Å². The van der Waals surface area contributed by atoms with Crippen molar-refractivity contribution < 1.29 is 4.39 Å². The van der Waals surface area contributed by atoms with Crippen molar-refractivity contribution in [2.45, 2.75) is 33.2 Å². The lowest BCUT2D eigenvalue weighted by Gasteiger charge is -2.22. The Balaban J connectivity index is 2.46. The van der Waals surface area contributed by atoms with Gasteiger partial charge < -0.3 is 5.32 Å². The highest BCUT2D eigenvalue weighted by molar-refractivity contribution is 6.31. The molecule has 0 aliphatic carbocycles. The van der Waals surface area contributed by atoms with Crippen LogP contribution < -0.4 is 5.32 Å². The van der Waals surface area contributed by atoms with E-state index in [2.05, 4.69) is 44.3 Å². The van der Waals surface area contributed by atoms with Crippen molar-refractivity contribution in [3.63, 3.8) is 0 Å². The summed E-state index contributed by atoms with van der Waals surface area (Å²) in [6.45, 7) is 7.17. The molecule has 2 rings (SSSR count). The molecule has 0 fully saturated rings. The first-order valence-electron chi connectivity index (χ1n) is 7.27. The zero-order valence-electron chi connectivity index (χ0n) is 12.7. The van der Waals surface area contributed by atoms with Crippen LogP contribution in [-0.2, 0) is 0 Å². The van der Waals surface area contributed by atoms with E-state index in [1.54, 1.807) is 6.07 Å². The molecule has 0 aliphatic heterocycles.